The van der Waals surface area contributed by atoms with E-state index >= 15 is 0 Å². The van der Waals surface area contributed by atoms with Crippen molar-refractivity contribution in [1.29, 1.82) is 0 Å². The summed E-state index contributed by atoms with van der Waals surface area (Å²) in [4.78, 5) is -0.228. The van der Waals surface area contributed by atoms with E-state index in [0.717, 1.165) is 12.0 Å². The van der Waals surface area contributed by atoms with Crippen molar-refractivity contribution < 1.29 is 22.3 Å². The van der Waals surface area contributed by atoms with E-state index in [1.807, 2.05) is 31.2 Å². The molecular weight excluding hydrogens is 388 g/mol. The average molecular weight is 407 g/mol. The zero-order valence-corrected chi connectivity index (χ0v) is 15.8. The summed E-state index contributed by atoms with van der Waals surface area (Å²) in [7, 11) is -4.03. The van der Waals surface area contributed by atoms with Crippen LogP contribution in [0.3, 0.4) is 0 Å². The maximum absolute atomic E-state index is 13.3. The maximum atomic E-state index is 13.3. The van der Waals surface area contributed by atoms with Gasteiger partial charge in [0.2, 0.25) is 10.0 Å². The predicted octanol–water partition coefficient (Wildman–Crippen LogP) is 3.18. The molecule has 0 saturated carbocycles. The summed E-state index contributed by atoms with van der Waals surface area (Å²) in [5.74, 6) is 0. The Balaban J connectivity index is 2.18. The second-order valence-corrected chi connectivity index (χ2v) is 7.74. The number of nitrogens with two attached hydrogens (primary N) is 1. The SMILES string of the molecule is CCc1ccc(-c2cc(C(F)F)nn2-c2ccc(S(N)(=O)=O)c(CO)c2)cc1. The van der Waals surface area contributed by atoms with Gasteiger partial charge in [0.05, 0.1) is 22.9 Å². The highest BCUT2D eigenvalue weighted by Crippen LogP contribution is 2.29. The predicted molar refractivity (Wildman–Crippen MR) is 101 cm³/mol. The molecule has 0 fully saturated rings. The molecular formula is C19H19F2N3O3S. The van der Waals surface area contributed by atoms with Crippen LogP contribution in [0.1, 0.15) is 30.2 Å². The van der Waals surface area contributed by atoms with Crippen LogP contribution in [-0.4, -0.2) is 23.3 Å². The largest absolute Gasteiger partial charge is 0.392 e. The monoisotopic (exact) mass is 407 g/mol. The van der Waals surface area contributed by atoms with Crippen molar-refractivity contribution in [3.63, 3.8) is 0 Å². The van der Waals surface area contributed by atoms with E-state index in [1.54, 1.807) is 0 Å². The second kappa shape index (κ2) is 7.78. The van der Waals surface area contributed by atoms with Gasteiger partial charge in [-0.3, -0.25) is 0 Å². The maximum Gasteiger partial charge on any atom is 0.282 e. The van der Waals surface area contributed by atoms with E-state index in [2.05, 4.69) is 5.10 Å². The van der Waals surface area contributed by atoms with Crippen LogP contribution in [0.4, 0.5) is 8.78 Å². The lowest BCUT2D eigenvalue weighted by Crippen LogP contribution is -2.15. The molecule has 0 atom stereocenters. The smallest absolute Gasteiger partial charge is 0.282 e. The molecule has 9 heteroatoms. The summed E-state index contributed by atoms with van der Waals surface area (Å²) >= 11 is 0. The molecule has 3 N–H and O–H groups in total. The van der Waals surface area contributed by atoms with E-state index < -0.39 is 28.7 Å². The fourth-order valence-corrected chi connectivity index (χ4v) is 3.67. The number of sulfonamides is 1. The number of primary sulfonamides is 1. The summed E-state index contributed by atoms with van der Waals surface area (Å²) in [6.45, 7) is 1.43. The highest BCUT2D eigenvalue weighted by molar-refractivity contribution is 7.89. The van der Waals surface area contributed by atoms with Crippen LogP contribution in [0.25, 0.3) is 16.9 Å². The van der Waals surface area contributed by atoms with Gasteiger partial charge in [0.25, 0.3) is 6.43 Å². The van der Waals surface area contributed by atoms with Crippen LogP contribution in [0.5, 0.6) is 0 Å². The van der Waals surface area contributed by atoms with E-state index in [4.69, 9.17) is 5.14 Å². The molecule has 0 unspecified atom stereocenters. The van der Waals surface area contributed by atoms with Gasteiger partial charge in [0.1, 0.15) is 5.69 Å². The molecule has 0 bridgehead atoms. The van der Waals surface area contributed by atoms with Gasteiger partial charge in [-0.15, -0.1) is 0 Å². The first kappa shape index (κ1) is 20.1. The Labute approximate surface area is 161 Å². The lowest BCUT2D eigenvalue weighted by molar-refractivity contribution is 0.145. The Bertz CT molecular complexity index is 1090. The third-order valence-corrected chi connectivity index (χ3v) is 5.39. The zero-order valence-electron chi connectivity index (χ0n) is 15.0. The van der Waals surface area contributed by atoms with Gasteiger partial charge >= 0.3 is 0 Å². The summed E-state index contributed by atoms with van der Waals surface area (Å²) in [5, 5.41) is 18.6. The Morgan fingerprint density at radius 1 is 1.14 bits per heavy atom. The summed E-state index contributed by atoms with van der Waals surface area (Å²) in [6.07, 6.45) is -1.92. The van der Waals surface area contributed by atoms with Crippen molar-refractivity contribution in [1.82, 2.24) is 9.78 Å². The van der Waals surface area contributed by atoms with Gasteiger partial charge in [0.15, 0.2) is 0 Å². The molecule has 3 rings (SSSR count). The van der Waals surface area contributed by atoms with Gasteiger partial charge < -0.3 is 5.11 Å². The first-order valence-corrected chi connectivity index (χ1v) is 10.0. The highest BCUT2D eigenvalue weighted by Gasteiger charge is 2.20. The van der Waals surface area contributed by atoms with Crippen molar-refractivity contribution in [2.75, 3.05) is 0 Å². The third-order valence-electron chi connectivity index (χ3n) is 4.38. The Hall–Kier alpha value is -2.62. The number of halogens is 2. The molecule has 1 heterocycles. The van der Waals surface area contributed by atoms with Crippen molar-refractivity contribution >= 4 is 10.0 Å². The average Bonchev–Trinajstić information content (AvgIpc) is 3.12. The molecule has 28 heavy (non-hydrogen) atoms. The molecule has 2 aromatic carbocycles. The number of alkyl halides is 2. The Kier molecular flexibility index (Phi) is 5.59. The van der Waals surface area contributed by atoms with E-state index in [-0.39, 0.29) is 10.5 Å². The molecule has 0 radical (unpaired) electrons. The fraction of sp³-hybridized carbons (Fsp3) is 0.211. The molecule has 0 amide bonds. The minimum Gasteiger partial charge on any atom is -0.392 e. The third kappa shape index (κ3) is 3.96. The first-order chi connectivity index (χ1) is 13.2. The molecule has 0 spiro atoms. The molecule has 3 aromatic rings. The molecule has 0 aliphatic rings. The summed E-state index contributed by atoms with van der Waals surface area (Å²) in [5.41, 5.74) is 2.18. The van der Waals surface area contributed by atoms with Gasteiger partial charge in [-0.25, -0.2) is 27.0 Å². The normalized spacial score (nSPS) is 11.9. The standard InChI is InChI=1S/C19H19F2N3O3S/c1-2-12-3-5-13(6-4-12)17-10-16(19(20)21)23-24(17)15-7-8-18(28(22,26)27)14(9-15)11-25/h3-10,19,25H,2,11H2,1H3,(H2,22,26,27). The van der Waals surface area contributed by atoms with Crippen LogP contribution >= 0.6 is 0 Å². The molecule has 0 aliphatic carbocycles. The number of aliphatic hydroxyl groups excluding tert-OH is 1. The van der Waals surface area contributed by atoms with Crippen molar-refractivity contribution in [3.05, 3.63) is 65.4 Å². The Morgan fingerprint density at radius 2 is 1.82 bits per heavy atom. The lowest BCUT2D eigenvalue weighted by atomic mass is 10.1. The molecule has 6 nitrogen and oxygen atoms in total. The first-order valence-electron chi connectivity index (χ1n) is 8.49. The number of rotatable bonds is 6. The number of aryl methyl sites for hydroxylation is 1. The zero-order chi connectivity index (χ0) is 20.5. The number of hydrogen-bond acceptors (Lipinski definition) is 4. The van der Waals surface area contributed by atoms with Crippen molar-refractivity contribution in [2.24, 2.45) is 5.14 Å². The van der Waals surface area contributed by atoms with Crippen LogP contribution in [0.2, 0.25) is 0 Å². The topological polar surface area (TPSA) is 98.2 Å². The van der Waals surface area contributed by atoms with E-state index in [1.165, 1.54) is 28.9 Å². The minimum atomic E-state index is -4.03. The number of hydrogen-bond donors (Lipinski definition) is 2. The van der Waals surface area contributed by atoms with Gasteiger partial charge in [-0.2, -0.15) is 5.10 Å². The minimum absolute atomic E-state index is 0.0568. The highest BCUT2D eigenvalue weighted by atomic mass is 32.2. The quantitative estimate of drug-likeness (QED) is 0.656. The lowest BCUT2D eigenvalue weighted by Gasteiger charge is -2.12. The van der Waals surface area contributed by atoms with Gasteiger partial charge in [0, 0.05) is 5.56 Å². The van der Waals surface area contributed by atoms with Crippen LogP contribution < -0.4 is 5.14 Å². The van der Waals surface area contributed by atoms with Crippen molar-refractivity contribution in [3.8, 4) is 16.9 Å². The van der Waals surface area contributed by atoms with Crippen LogP contribution in [0.15, 0.2) is 53.4 Å². The van der Waals surface area contributed by atoms with Crippen LogP contribution in [0, 0.1) is 0 Å². The number of aliphatic hydroxyl groups is 1. The second-order valence-electron chi connectivity index (χ2n) is 6.21. The van der Waals surface area contributed by atoms with E-state index in [0.29, 0.717) is 16.9 Å². The molecule has 1 aromatic heterocycles. The molecule has 0 saturated heterocycles. The molecule has 148 valence electrons. The van der Waals surface area contributed by atoms with Gasteiger partial charge in [-0.05, 0) is 41.8 Å². The summed E-state index contributed by atoms with van der Waals surface area (Å²) < 4.78 is 51.1. The van der Waals surface area contributed by atoms with Crippen molar-refractivity contribution in [2.45, 2.75) is 31.3 Å². The van der Waals surface area contributed by atoms with E-state index in [9.17, 15) is 22.3 Å². The number of benzene rings is 2. The van der Waals surface area contributed by atoms with Gasteiger partial charge in [-0.1, -0.05) is 31.2 Å². The van der Waals surface area contributed by atoms with Crippen LogP contribution in [-0.2, 0) is 23.1 Å². The number of aromatic nitrogens is 2. The number of nitrogens with zero attached hydrogens (tertiary/aromatic N) is 2. The summed E-state index contributed by atoms with van der Waals surface area (Å²) in [6, 6.07) is 12.7. The molecule has 0 aliphatic heterocycles. The Morgan fingerprint density at radius 3 is 2.36 bits per heavy atom. The fourth-order valence-electron chi connectivity index (χ4n) is 2.92.